The van der Waals surface area contributed by atoms with Crippen molar-refractivity contribution in [1.82, 2.24) is 16.0 Å². The predicted molar refractivity (Wildman–Crippen MR) is 115 cm³/mol. The minimum absolute atomic E-state index is 0.0828. The Morgan fingerprint density at radius 1 is 0.821 bits per heavy atom. The fourth-order valence-electron chi connectivity index (χ4n) is 2.65. The van der Waals surface area contributed by atoms with Gasteiger partial charge in [0.1, 0.15) is 6.04 Å². The van der Waals surface area contributed by atoms with E-state index in [0.717, 1.165) is 44.9 Å². The molecule has 0 aliphatic heterocycles. The van der Waals surface area contributed by atoms with E-state index in [0.29, 0.717) is 19.5 Å². The van der Waals surface area contributed by atoms with Gasteiger partial charge in [-0.05, 0) is 38.2 Å². The van der Waals surface area contributed by atoms with Gasteiger partial charge in [0.2, 0.25) is 17.7 Å². The average molecular weight is 396 g/mol. The Balaban J connectivity index is 4.49. The van der Waals surface area contributed by atoms with Gasteiger partial charge in [-0.15, -0.1) is 0 Å². The van der Waals surface area contributed by atoms with Crippen LogP contribution in [0.4, 0.5) is 0 Å². The summed E-state index contributed by atoms with van der Waals surface area (Å²) in [6.07, 6.45) is 13.2. The number of amides is 3. The molecule has 0 heterocycles. The SMILES string of the molecule is CCCCCC/C=C/C(=O)N[C@@H](CCC(=O)NCCCC)C(=O)NCCCC. The number of hydrogen-bond donors (Lipinski definition) is 3. The summed E-state index contributed by atoms with van der Waals surface area (Å²) in [6.45, 7) is 7.51. The second-order valence-corrected chi connectivity index (χ2v) is 7.20. The minimum Gasteiger partial charge on any atom is -0.356 e. The van der Waals surface area contributed by atoms with Crippen LogP contribution in [0.15, 0.2) is 12.2 Å². The van der Waals surface area contributed by atoms with Gasteiger partial charge in [-0.25, -0.2) is 0 Å². The Kier molecular flexibility index (Phi) is 17.3. The van der Waals surface area contributed by atoms with Gasteiger partial charge in [0.25, 0.3) is 0 Å². The molecule has 0 aromatic carbocycles. The topological polar surface area (TPSA) is 87.3 Å². The highest BCUT2D eigenvalue weighted by Gasteiger charge is 2.20. The lowest BCUT2D eigenvalue weighted by atomic mass is 10.1. The summed E-state index contributed by atoms with van der Waals surface area (Å²) in [5.41, 5.74) is 0. The van der Waals surface area contributed by atoms with Crippen LogP contribution in [0.2, 0.25) is 0 Å². The summed E-state index contributed by atoms with van der Waals surface area (Å²) in [7, 11) is 0. The second-order valence-electron chi connectivity index (χ2n) is 7.20. The smallest absolute Gasteiger partial charge is 0.244 e. The Hall–Kier alpha value is -1.85. The number of unbranched alkanes of at least 4 members (excludes halogenated alkanes) is 6. The third-order valence-electron chi connectivity index (χ3n) is 4.47. The van der Waals surface area contributed by atoms with Crippen LogP contribution in [0.25, 0.3) is 0 Å². The number of carbonyl (C=O) groups is 3. The molecule has 0 unspecified atom stereocenters. The van der Waals surface area contributed by atoms with Crippen molar-refractivity contribution in [3.05, 3.63) is 12.2 Å². The van der Waals surface area contributed by atoms with Gasteiger partial charge in [0.05, 0.1) is 0 Å². The summed E-state index contributed by atoms with van der Waals surface area (Å²) in [5.74, 6) is -0.586. The van der Waals surface area contributed by atoms with E-state index < -0.39 is 6.04 Å². The molecule has 0 fully saturated rings. The van der Waals surface area contributed by atoms with E-state index in [4.69, 9.17) is 0 Å². The molecular weight excluding hydrogens is 354 g/mol. The van der Waals surface area contributed by atoms with Crippen LogP contribution in [0, 0.1) is 0 Å². The van der Waals surface area contributed by atoms with Gasteiger partial charge >= 0.3 is 0 Å². The molecular formula is C22H41N3O3. The summed E-state index contributed by atoms with van der Waals surface area (Å²) < 4.78 is 0. The molecule has 0 aromatic heterocycles. The normalized spacial score (nSPS) is 12.0. The van der Waals surface area contributed by atoms with Gasteiger partial charge in [-0.3, -0.25) is 14.4 Å². The molecule has 0 saturated carbocycles. The van der Waals surface area contributed by atoms with Crippen LogP contribution in [0.3, 0.4) is 0 Å². The van der Waals surface area contributed by atoms with Crippen LogP contribution in [-0.4, -0.2) is 36.9 Å². The third kappa shape index (κ3) is 15.2. The highest BCUT2D eigenvalue weighted by molar-refractivity contribution is 5.93. The third-order valence-corrected chi connectivity index (χ3v) is 4.47. The number of allylic oxidation sites excluding steroid dienone is 1. The monoisotopic (exact) mass is 395 g/mol. The van der Waals surface area contributed by atoms with Crippen molar-refractivity contribution in [3.63, 3.8) is 0 Å². The average Bonchev–Trinajstić information content (AvgIpc) is 2.68. The van der Waals surface area contributed by atoms with Crippen LogP contribution in [0.5, 0.6) is 0 Å². The van der Waals surface area contributed by atoms with Crippen LogP contribution in [0.1, 0.15) is 91.4 Å². The van der Waals surface area contributed by atoms with Gasteiger partial charge in [-0.1, -0.05) is 59.0 Å². The van der Waals surface area contributed by atoms with E-state index in [2.05, 4.69) is 36.7 Å². The maximum atomic E-state index is 12.4. The quantitative estimate of drug-likeness (QED) is 0.260. The molecule has 0 saturated heterocycles. The molecule has 0 aliphatic rings. The van der Waals surface area contributed by atoms with E-state index in [1.54, 1.807) is 0 Å². The Morgan fingerprint density at radius 2 is 1.46 bits per heavy atom. The van der Waals surface area contributed by atoms with Gasteiger partial charge in [0, 0.05) is 19.5 Å². The van der Waals surface area contributed by atoms with Crippen molar-refractivity contribution in [2.24, 2.45) is 0 Å². The zero-order chi connectivity index (χ0) is 21.0. The molecule has 0 bridgehead atoms. The van der Waals surface area contributed by atoms with Crippen molar-refractivity contribution in [2.45, 2.75) is 97.4 Å². The Bertz CT molecular complexity index is 464. The molecule has 0 radical (unpaired) electrons. The lowest BCUT2D eigenvalue weighted by molar-refractivity contribution is -0.128. The first kappa shape index (κ1) is 26.1. The largest absolute Gasteiger partial charge is 0.356 e. The molecule has 28 heavy (non-hydrogen) atoms. The van der Waals surface area contributed by atoms with Crippen molar-refractivity contribution in [3.8, 4) is 0 Å². The molecule has 0 rings (SSSR count). The maximum Gasteiger partial charge on any atom is 0.244 e. The number of hydrogen-bond acceptors (Lipinski definition) is 3. The number of rotatable bonds is 17. The number of carbonyl (C=O) groups excluding carboxylic acids is 3. The number of nitrogens with one attached hydrogen (secondary N) is 3. The van der Waals surface area contributed by atoms with E-state index in [1.165, 1.54) is 18.9 Å². The van der Waals surface area contributed by atoms with E-state index in [9.17, 15) is 14.4 Å². The van der Waals surface area contributed by atoms with Crippen molar-refractivity contribution in [2.75, 3.05) is 13.1 Å². The van der Waals surface area contributed by atoms with Crippen LogP contribution in [-0.2, 0) is 14.4 Å². The molecule has 1 atom stereocenters. The molecule has 3 N–H and O–H groups in total. The fourth-order valence-corrected chi connectivity index (χ4v) is 2.65. The molecule has 3 amide bonds. The maximum absolute atomic E-state index is 12.4. The molecule has 6 nitrogen and oxygen atoms in total. The summed E-state index contributed by atoms with van der Waals surface area (Å²) in [4.78, 5) is 36.5. The van der Waals surface area contributed by atoms with Gasteiger partial charge in [0.15, 0.2) is 0 Å². The molecule has 0 aromatic rings. The second kappa shape index (κ2) is 18.5. The summed E-state index contributed by atoms with van der Waals surface area (Å²) >= 11 is 0. The zero-order valence-electron chi connectivity index (χ0n) is 18.1. The lowest BCUT2D eigenvalue weighted by Crippen LogP contribution is -2.47. The molecule has 0 aliphatic carbocycles. The lowest BCUT2D eigenvalue weighted by Gasteiger charge is -2.17. The minimum atomic E-state index is -0.689. The molecule has 162 valence electrons. The first-order valence-electron chi connectivity index (χ1n) is 11.1. The molecule has 6 heteroatoms. The van der Waals surface area contributed by atoms with Gasteiger partial charge < -0.3 is 16.0 Å². The van der Waals surface area contributed by atoms with Crippen molar-refractivity contribution in [1.29, 1.82) is 0 Å². The van der Waals surface area contributed by atoms with Crippen LogP contribution >= 0.6 is 0 Å². The van der Waals surface area contributed by atoms with E-state index >= 15 is 0 Å². The van der Waals surface area contributed by atoms with Crippen LogP contribution < -0.4 is 16.0 Å². The Morgan fingerprint density at radius 3 is 2.11 bits per heavy atom. The van der Waals surface area contributed by atoms with E-state index in [1.807, 2.05) is 6.08 Å². The highest BCUT2D eigenvalue weighted by Crippen LogP contribution is 2.03. The van der Waals surface area contributed by atoms with Crippen molar-refractivity contribution >= 4 is 17.7 Å². The summed E-state index contributed by atoms with van der Waals surface area (Å²) in [5, 5.41) is 8.44. The first-order chi connectivity index (χ1) is 13.5. The Labute approximate surface area is 171 Å². The molecule has 0 spiro atoms. The fraction of sp³-hybridized carbons (Fsp3) is 0.773. The van der Waals surface area contributed by atoms with Gasteiger partial charge in [-0.2, -0.15) is 0 Å². The highest BCUT2D eigenvalue weighted by atomic mass is 16.2. The zero-order valence-corrected chi connectivity index (χ0v) is 18.1. The predicted octanol–water partition coefficient (Wildman–Crippen LogP) is 3.61. The van der Waals surface area contributed by atoms with Crippen molar-refractivity contribution < 1.29 is 14.4 Å². The first-order valence-corrected chi connectivity index (χ1v) is 11.1. The summed E-state index contributed by atoms with van der Waals surface area (Å²) in [6, 6.07) is -0.689. The van der Waals surface area contributed by atoms with E-state index in [-0.39, 0.29) is 24.1 Å². The standard InChI is InChI=1S/C22H41N3O3/c1-4-7-10-11-12-13-14-21(27)25-19(22(28)24-18-9-6-3)15-16-20(26)23-17-8-5-2/h13-14,19H,4-12,15-18H2,1-3H3,(H,23,26)(H,24,28)(H,25,27)/b14-13+/t19-/m0/s1.